The number of morpholine rings is 1. The number of halogens is 3. The molecule has 9 nitrogen and oxygen atoms in total. The molecular formula is C30H38F3N7O2. The third-order valence-electron chi connectivity index (χ3n) is 8.03. The van der Waals surface area contributed by atoms with Crippen molar-refractivity contribution in [3.63, 3.8) is 0 Å². The third-order valence-corrected chi connectivity index (χ3v) is 8.03. The number of likely N-dealkylation sites (N-methyl/N-ethyl adjacent to an activating group) is 2. The zero-order chi connectivity index (χ0) is 30.1. The fourth-order valence-electron chi connectivity index (χ4n) is 5.66. The average molecular weight is 586 g/mol. The maximum atomic E-state index is 15.8. The first-order chi connectivity index (χ1) is 20.0. The number of anilines is 3. The predicted octanol–water partition coefficient (Wildman–Crippen LogP) is 4.00. The van der Waals surface area contributed by atoms with E-state index in [-0.39, 0.29) is 41.5 Å². The second kappa shape index (κ2) is 12.3. The fourth-order valence-corrected chi connectivity index (χ4v) is 5.66. The molecule has 2 aromatic rings. The van der Waals surface area contributed by atoms with Crippen molar-refractivity contribution in [3.05, 3.63) is 53.8 Å². The molecule has 0 saturated carbocycles. The summed E-state index contributed by atoms with van der Waals surface area (Å²) < 4.78 is 49.2. The number of piperazine rings is 1. The standard InChI is InChI=1S/C30H38F3N7O2/c1-18-14-39(9-8-38(18)5)27-11-25(31)23(21-12-34-30(35-13-21)40-15-19(2)42-20(3)16-40)10-26(27)36-29(41)24-17-37(4)7-6-22(24)28(32)33/h6,10-13,17-20,28H,7-9,14-16H2,1-5H3,(H,36,41)/t18-,19-,20+/m0/s1. The van der Waals surface area contributed by atoms with Crippen molar-refractivity contribution in [2.24, 2.45) is 0 Å². The lowest BCUT2D eigenvalue weighted by molar-refractivity contribution is -0.112. The van der Waals surface area contributed by atoms with Gasteiger partial charge in [-0.05, 0) is 40.0 Å². The molecule has 0 unspecified atom stereocenters. The Bertz CT molecular complexity index is 1360. The number of alkyl halides is 2. The number of benzene rings is 1. The molecule has 2 fully saturated rings. The first-order valence-corrected chi connectivity index (χ1v) is 14.2. The van der Waals surface area contributed by atoms with E-state index < -0.39 is 18.1 Å². The SMILES string of the molecule is C[C@@H]1CN(c2ncc(-c3cc(NC(=O)C4=CN(C)CC=C4C(F)F)c(N4CCN(C)[C@@H](C)C4)cc3F)cn2)C[C@H](C)O1. The number of aromatic nitrogens is 2. The monoisotopic (exact) mass is 585 g/mol. The van der Waals surface area contributed by atoms with Gasteiger partial charge in [0.2, 0.25) is 5.95 Å². The first kappa shape index (κ1) is 29.8. The number of hydrogen-bond donors (Lipinski definition) is 1. The summed E-state index contributed by atoms with van der Waals surface area (Å²) in [5.74, 6) is -0.655. The molecule has 0 spiro atoms. The molecule has 226 valence electrons. The maximum absolute atomic E-state index is 15.8. The van der Waals surface area contributed by atoms with E-state index >= 15 is 4.39 Å². The lowest BCUT2D eigenvalue weighted by Crippen LogP contribution is -2.50. The summed E-state index contributed by atoms with van der Waals surface area (Å²) in [6.45, 7) is 9.61. The van der Waals surface area contributed by atoms with Crippen LogP contribution in [0.2, 0.25) is 0 Å². The molecular weight excluding hydrogens is 547 g/mol. The molecule has 2 saturated heterocycles. The smallest absolute Gasteiger partial charge is 0.264 e. The molecule has 0 bridgehead atoms. The Kier molecular flexibility index (Phi) is 8.74. The molecule has 5 rings (SSSR count). The number of nitrogens with zero attached hydrogens (tertiary/aromatic N) is 6. The van der Waals surface area contributed by atoms with Crippen LogP contribution in [0, 0.1) is 5.82 Å². The van der Waals surface area contributed by atoms with E-state index in [0.29, 0.717) is 49.1 Å². The predicted molar refractivity (Wildman–Crippen MR) is 157 cm³/mol. The van der Waals surface area contributed by atoms with E-state index in [9.17, 15) is 13.6 Å². The molecule has 0 aliphatic carbocycles. The molecule has 1 aromatic carbocycles. The van der Waals surface area contributed by atoms with Crippen LogP contribution < -0.4 is 15.1 Å². The van der Waals surface area contributed by atoms with Crippen LogP contribution in [0.5, 0.6) is 0 Å². The van der Waals surface area contributed by atoms with E-state index in [2.05, 4.69) is 27.1 Å². The van der Waals surface area contributed by atoms with Crippen molar-refractivity contribution in [1.82, 2.24) is 19.8 Å². The molecule has 42 heavy (non-hydrogen) atoms. The summed E-state index contributed by atoms with van der Waals surface area (Å²) in [7, 11) is 3.74. The highest BCUT2D eigenvalue weighted by atomic mass is 19.3. The van der Waals surface area contributed by atoms with Crippen molar-refractivity contribution in [2.75, 3.05) is 68.5 Å². The Morgan fingerprint density at radius 2 is 1.71 bits per heavy atom. The Hall–Kier alpha value is -3.64. The Labute approximate surface area is 244 Å². The number of carbonyl (C=O) groups is 1. The molecule has 1 aromatic heterocycles. The summed E-state index contributed by atoms with van der Waals surface area (Å²) in [6, 6.07) is 3.13. The highest BCUT2D eigenvalue weighted by Crippen LogP contribution is 2.36. The molecule has 0 radical (unpaired) electrons. The number of ether oxygens (including phenoxy) is 1. The van der Waals surface area contributed by atoms with Gasteiger partial charge in [-0.25, -0.2) is 23.1 Å². The minimum absolute atomic E-state index is 0.0324. The molecule has 12 heteroatoms. The van der Waals surface area contributed by atoms with Crippen LogP contribution in [-0.2, 0) is 9.53 Å². The normalized spacial score (nSPS) is 23.6. The third kappa shape index (κ3) is 6.39. The zero-order valence-electron chi connectivity index (χ0n) is 24.6. The van der Waals surface area contributed by atoms with Gasteiger partial charge in [-0.3, -0.25) is 4.79 Å². The topological polar surface area (TPSA) is 77.1 Å². The van der Waals surface area contributed by atoms with Gasteiger partial charge >= 0.3 is 0 Å². The van der Waals surface area contributed by atoms with Gasteiger partial charge in [0, 0.05) is 87.7 Å². The number of amides is 1. The average Bonchev–Trinajstić information content (AvgIpc) is 2.94. The minimum atomic E-state index is -2.80. The van der Waals surface area contributed by atoms with Crippen LogP contribution in [0.1, 0.15) is 20.8 Å². The molecule has 3 atom stereocenters. The number of rotatable bonds is 6. The first-order valence-electron chi connectivity index (χ1n) is 14.2. The Morgan fingerprint density at radius 1 is 1.02 bits per heavy atom. The molecule has 3 aliphatic rings. The Balaban J connectivity index is 1.49. The Morgan fingerprint density at radius 3 is 2.36 bits per heavy atom. The molecule has 1 amide bonds. The maximum Gasteiger partial charge on any atom is 0.264 e. The van der Waals surface area contributed by atoms with Gasteiger partial charge in [0.25, 0.3) is 12.3 Å². The van der Waals surface area contributed by atoms with Gasteiger partial charge in [-0.15, -0.1) is 0 Å². The van der Waals surface area contributed by atoms with Gasteiger partial charge in [-0.1, -0.05) is 6.08 Å². The summed E-state index contributed by atoms with van der Waals surface area (Å²) in [5, 5.41) is 2.83. The minimum Gasteiger partial charge on any atom is -0.376 e. The molecule has 4 heterocycles. The summed E-state index contributed by atoms with van der Waals surface area (Å²) in [4.78, 5) is 30.4. The second-order valence-corrected chi connectivity index (χ2v) is 11.5. The van der Waals surface area contributed by atoms with E-state index in [0.717, 1.165) is 6.54 Å². The molecule has 3 aliphatic heterocycles. The van der Waals surface area contributed by atoms with E-state index in [1.54, 1.807) is 30.4 Å². The lowest BCUT2D eigenvalue weighted by atomic mass is 10.0. The lowest BCUT2D eigenvalue weighted by Gasteiger charge is -2.39. The summed E-state index contributed by atoms with van der Waals surface area (Å²) >= 11 is 0. The van der Waals surface area contributed by atoms with Crippen molar-refractivity contribution < 1.29 is 22.7 Å². The van der Waals surface area contributed by atoms with E-state index in [1.807, 2.05) is 30.7 Å². The summed E-state index contributed by atoms with van der Waals surface area (Å²) in [5.41, 5.74) is 1.01. The number of carbonyl (C=O) groups excluding carboxylic acids is 1. The van der Waals surface area contributed by atoms with Crippen LogP contribution in [0.15, 0.2) is 47.9 Å². The van der Waals surface area contributed by atoms with Crippen molar-refractivity contribution >= 4 is 23.2 Å². The van der Waals surface area contributed by atoms with Crippen molar-refractivity contribution in [2.45, 2.75) is 45.4 Å². The number of hydrogen-bond acceptors (Lipinski definition) is 8. The zero-order valence-corrected chi connectivity index (χ0v) is 24.6. The van der Waals surface area contributed by atoms with Gasteiger partial charge in [-0.2, -0.15) is 0 Å². The van der Waals surface area contributed by atoms with Crippen molar-refractivity contribution in [3.8, 4) is 11.1 Å². The van der Waals surface area contributed by atoms with Crippen LogP contribution >= 0.6 is 0 Å². The quantitative estimate of drug-likeness (QED) is 0.546. The van der Waals surface area contributed by atoms with Gasteiger partial charge in [0.1, 0.15) is 5.82 Å². The van der Waals surface area contributed by atoms with Gasteiger partial charge in [0.05, 0.1) is 29.2 Å². The van der Waals surface area contributed by atoms with Crippen LogP contribution in [0.4, 0.5) is 30.5 Å². The fraction of sp³-hybridized carbons (Fsp3) is 0.500. The van der Waals surface area contributed by atoms with Gasteiger partial charge < -0.3 is 29.7 Å². The van der Waals surface area contributed by atoms with Crippen LogP contribution in [0.3, 0.4) is 0 Å². The van der Waals surface area contributed by atoms with Gasteiger partial charge in [0.15, 0.2) is 0 Å². The second-order valence-electron chi connectivity index (χ2n) is 11.5. The van der Waals surface area contributed by atoms with E-state index in [4.69, 9.17) is 4.74 Å². The van der Waals surface area contributed by atoms with Crippen LogP contribution in [-0.4, -0.2) is 104 Å². The van der Waals surface area contributed by atoms with Crippen LogP contribution in [0.25, 0.3) is 11.1 Å². The van der Waals surface area contributed by atoms with E-state index in [1.165, 1.54) is 18.3 Å². The highest BCUT2D eigenvalue weighted by Gasteiger charge is 2.29. The highest BCUT2D eigenvalue weighted by molar-refractivity contribution is 6.09. The number of nitrogens with one attached hydrogen (secondary N) is 1. The van der Waals surface area contributed by atoms with Crippen molar-refractivity contribution in [1.29, 1.82) is 0 Å². The summed E-state index contributed by atoms with van der Waals surface area (Å²) in [6.07, 6.45) is 3.16. The largest absolute Gasteiger partial charge is 0.376 e. The molecule has 1 N–H and O–H groups in total.